The standard InChI is InChI=1S/C16H8BrCl2N3/c17-10-6-7-11-12(8-10)21-22-15(19)13(14(18)20-16(11)22)9-4-2-1-3-5-9/h1-8H. The van der Waals surface area contributed by atoms with Crippen LogP contribution in [0.3, 0.4) is 0 Å². The number of benzene rings is 2. The van der Waals surface area contributed by atoms with Crippen LogP contribution in [0.4, 0.5) is 0 Å². The summed E-state index contributed by atoms with van der Waals surface area (Å²) in [7, 11) is 0. The van der Waals surface area contributed by atoms with Crippen LogP contribution in [0.15, 0.2) is 53.0 Å². The molecule has 0 saturated heterocycles. The lowest BCUT2D eigenvalue weighted by Crippen LogP contribution is -1.96. The van der Waals surface area contributed by atoms with E-state index in [1.807, 2.05) is 48.5 Å². The Morgan fingerprint density at radius 3 is 2.55 bits per heavy atom. The van der Waals surface area contributed by atoms with E-state index in [0.29, 0.717) is 21.5 Å². The molecule has 0 N–H and O–H groups in total. The molecule has 108 valence electrons. The fourth-order valence-corrected chi connectivity index (χ4v) is 3.47. The van der Waals surface area contributed by atoms with E-state index in [1.165, 1.54) is 0 Å². The van der Waals surface area contributed by atoms with Crippen molar-refractivity contribution in [3.8, 4) is 11.1 Å². The van der Waals surface area contributed by atoms with Gasteiger partial charge in [-0.25, -0.2) is 9.50 Å². The molecule has 22 heavy (non-hydrogen) atoms. The molecule has 3 nitrogen and oxygen atoms in total. The van der Waals surface area contributed by atoms with Crippen molar-refractivity contribution in [1.82, 2.24) is 14.6 Å². The lowest BCUT2D eigenvalue weighted by atomic mass is 10.1. The van der Waals surface area contributed by atoms with Gasteiger partial charge >= 0.3 is 0 Å². The second-order valence-corrected chi connectivity index (χ2v) is 6.46. The summed E-state index contributed by atoms with van der Waals surface area (Å²) in [5, 5.41) is 6.27. The maximum atomic E-state index is 6.56. The van der Waals surface area contributed by atoms with Gasteiger partial charge in [0.25, 0.3) is 0 Å². The fraction of sp³-hybridized carbons (Fsp3) is 0. The molecule has 0 atom stereocenters. The SMILES string of the molecule is Clc1nc2c3ccc(Br)cc3nn2c(Cl)c1-c1ccccc1. The van der Waals surface area contributed by atoms with Crippen LogP contribution < -0.4 is 0 Å². The highest BCUT2D eigenvalue weighted by molar-refractivity contribution is 9.10. The lowest BCUT2D eigenvalue weighted by Gasteiger charge is -2.08. The average Bonchev–Trinajstić information content (AvgIpc) is 2.86. The van der Waals surface area contributed by atoms with E-state index in [2.05, 4.69) is 26.0 Å². The molecule has 0 spiro atoms. The van der Waals surface area contributed by atoms with Gasteiger partial charge in [0.05, 0.1) is 11.1 Å². The lowest BCUT2D eigenvalue weighted by molar-refractivity contribution is 0.960. The number of fused-ring (bicyclic) bond motifs is 3. The Hall–Kier alpha value is -1.62. The Morgan fingerprint density at radius 2 is 1.77 bits per heavy atom. The van der Waals surface area contributed by atoms with Gasteiger partial charge in [0.15, 0.2) is 5.65 Å². The van der Waals surface area contributed by atoms with E-state index in [4.69, 9.17) is 23.2 Å². The van der Waals surface area contributed by atoms with Gasteiger partial charge in [-0.2, -0.15) is 5.10 Å². The third-order valence-corrected chi connectivity index (χ3v) is 4.59. The molecular formula is C16H8BrCl2N3. The van der Waals surface area contributed by atoms with Crippen molar-refractivity contribution in [1.29, 1.82) is 0 Å². The topological polar surface area (TPSA) is 30.2 Å². The first kappa shape index (κ1) is 14.0. The molecular weight excluding hydrogens is 385 g/mol. The predicted octanol–water partition coefficient (Wildman–Crippen LogP) is 5.62. The van der Waals surface area contributed by atoms with E-state index < -0.39 is 0 Å². The van der Waals surface area contributed by atoms with Gasteiger partial charge in [-0.1, -0.05) is 69.5 Å². The highest BCUT2D eigenvalue weighted by atomic mass is 79.9. The fourth-order valence-electron chi connectivity index (χ4n) is 2.47. The minimum atomic E-state index is 0.369. The Labute approximate surface area is 144 Å². The smallest absolute Gasteiger partial charge is 0.166 e. The minimum Gasteiger partial charge on any atom is -0.215 e. The van der Waals surface area contributed by atoms with Gasteiger partial charge in [0, 0.05) is 9.86 Å². The molecule has 6 heteroatoms. The van der Waals surface area contributed by atoms with Crippen LogP contribution in [0.25, 0.3) is 27.7 Å². The van der Waals surface area contributed by atoms with Crippen LogP contribution in [-0.4, -0.2) is 14.6 Å². The molecule has 0 unspecified atom stereocenters. The first-order chi connectivity index (χ1) is 10.6. The Bertz CT molecular complexity index is 1010. The Kier molecular flexibility index (Phi) is 3.33. The molecule has 2 aromatic carbocycles. The molecule has 4 rings (SSSR count). The zero-order valence-corrected chi connectivity index (χ0v) is 14.2. The summed E-state index contributed by atoms with van der Waals surface area (Å²) in [4.78, 5) is 4.50. The molecule has 0 aliphatic rings. The average molecular weight is 393 g/mol. The van der Waals surface area contributed by atoms with Gasteiger partial charge in [-0.3, -0.25) is 0 Å². The number of hydrogen-bond donors (Lipinski definition) is 0. The number of hydrogen-bond acceptors (Lipinski definition) is 2. The first-order valence-electron chi connectivity index (χ1n) is 6.53. The van der Waals surface area contributed by atoms with E-state index >= 15 is 0 Å². The van der Waals surface area contributed by atoms with Crippen molar-refractivity contribution in [2.75, 3.05) is 0 Å². The largest absolute Gasteiger partial charge is 0.215 e. The van der Waals surface area contributed by atoms with E-state index in [1.54, 1.807) is 4.52 Å². The third kappa shape index (κ3) is 2.10. The second-order valence-electron chi connectivity index (χ2n) is 4.83. The normalized spacial score (nSPS) is 11.4. The summed E-state index contributed by atoms with van der Waals surface area (Å²) in [6.07, 6.45) is 0. The molecule has 2 heterocycles. The quantitative estimate of drug-likeness (QED) is 0.393. The summed E-state index contributed by atoms with van der Waals surface area (Å²) in [6.45, 7) is 0. The monoisotopic (exact) mass is 391 g/mol. The predicted molar refractivity (Wildman–Crippen MR) is 93.6 cm³/mol. The van der Waals surface area contributed by atoms with Gasteiger partial charge in [0.2, 0.25) is 0 Å². The van der Waals surface area contributed by atoms with Crippen molar-refractivity contribution < 1.29 is 0 Å². The minimum absolute atomic E-state index is 0.369. The van der Waals surface area contributed by atoms with Gasteiger partial charge in [-0.15, -0.1) is 0 Å². The first-order valence-corrected chi connectivity index (χ1v) is 8.08. The van der Waals surface area contributed by atoms with Crippen molar-refractivity contribution >= 4 is 55.7 Å². The van der Waals surface area contributed by atoms with Gasteiger partial charge in [0.1, 0.15) is 10.3 Å². The van der Waals surface area contributed by atoms with Crippen LogP contribution in [0, 0.1) is 0 Å². The molecule has 0 amide bonds. The molecule has 2 aromatic heterocycles. The van der Waals surface area contributed by atoms with Crippen molar-refractivity contribution in [2.24, 2.45) is 0 Å². The van der Waals surface area contributed by atoms with E-state index in [0.717, 1.165) is 20.9 Å². The zero-order chi connectivity index (χ0) is 15.3. The molecule has 0 radical (unpaired) electrons. The summed E-state index contributed by atoms with van der Waals surface area (Å²) in [6, 6.07) is 15.5. The van der Waals surface area contributed by atoms with Crippen LogP contribution in [0.5, 0.6) is 0 Å². The molecule has 0 aliphatic carbocycles. The van der Waals surface area contributed by atoms with Crippen molar-refractivity contribution in [2.45, 2.75) is 0 Å². The molecule has 0 fully saturated rings. The van der Waals surface area contributed by atoms with Crippen LogP contribution in [-0.2, 0) is 0 Å². The zero-order valence-electron chi connectivity index (χ0n) is 11.1. The third-order valence-electron chi connectivity index (χ3n) is 3.47. The molecule has 0 bridgehead atoms. The van der Waals surface area contributed by atoms with E-state index in [9.17, 15) is 0 Å². The van der Waals surface area contributed by atoms with Crippen molar-refractivity contribution in [3.63, 3.8) is 0 Å². The molecule has 0 saturated carbocycles. The number of nitrogens with zero attached hydrogens (tertiary/aromatic N) is 3. The Morgan fingerprint density at radius 1 is 1.00 bits per heavy atom. The maximum Gasteiger partial charge on any atom is 0.166 e. The number of rotatable bonds is 1. The summed E-state index contributed by atoms with van der Waals surface area (Å²) < 4.78 is 2.58. The Balaban J connectivity index is 2.11. The summed E-state index contributed by atoms with van der Waals surface area (Å²) in [5.74, 6) is 0. The van der Waals surface area contributed by atoms with Gasteiger partial charge < -0.3 is 0 Å². The molecule has 0 aliphatic heterocycles. The number of aromatic nitrogens is 3. The summed E-state index contributed by atoms with van der Waals surface area (Å²) in [5.41, 5.74) is 3.05. The maximum absolute atomic E-state index is 6.56. The number of halogens is 3. The highest BCUT2D eigenvalue weighted by Gasteiger charge is 2.17. The van der Waals surface area contributed by atoms with E-state index in [-0.39, 0.29) is 0 Å². The van der Waals surface area contributed by atoms with Crippen LogP contribution >= 0.6 is 39.1 Å². The highest BCUT2D eigenvalue weighted by Crippen LogP contribution is 2.35. The van der Waals surface area contributed by atoms with Crippen LogP contribution in [0.2, 0.25) is 10.3 Å². The molecule has 4 aromatic rings. The van der Waals surface area contributed by atoms with Gasteiger partial charge in [-0.05, 0) is 23.8 Å². The summed E-state index contributed by atoms with van der Waals surface area (Å²) >= 11 is 16.4. The van der Waals surface area contributed by atoms with Crippen LogP contribution in [0.1, 0.15) is 0 Å². The second kappa shape index (κ2) is 5.23. The van der Waals surface area contributed by atoms with Crippen molar-refractivity contribution in [3.05, 3.63) is 63.3 Å².